The first kappa shape index (κ1) is 22.3. The van der Waals surface area contributed by atoms with Gasteiger partial charge in [0.1, 0.15) is 0 Å². The lowest BCUT2D eigenvalue weighted by Crippen LogP contribution is -2.25. The van der Waals surface area contributed by atoms with Gasteiger partial charge in [0, 0.05) is 0 Å². The number of rotatable bonds is 13. The summed E-state index contributed by atoms with van der Waals surface area (Å²) < 4.78 is 0. The van der Waals surface area contributed by atoms with Gasteiger partial charge in [0.15, 0.2) is 0 Å². The molecule has 0 heterocycles. The van der Waals surface area contributed by atoms with E-state index in [9.17, 15) is 0 Å². The van der Waals surface area contributed by atoms with E-state index in [0.717, 1.165) is 23.7 Å². The highest BCUT2D eigenvalue weighted by molar-refractivity contribution is 4.82. The molecule has 0 nitrogen and oxygen atoms in total. The first-order valence-electron chi connectivity index (χ1n) is 12.8. The van der Waals surface area contributed by atoms with Crippen molar-refractivity contribution in [3.63, 3.8) is 0 Å². The van der Waals surface area contributed by atoms with E-state index < -0.39 is 0 Å². The van der Waals surface area contributed by atoms with Crippen LogP contribution in [-0.2, 0) is 0 Å². The molecular formula is C26H50. The van der Waals surface area contributed by atoms with Crippen LogP contribution in [0.1, 0.15) is 142 Å². The summed E-state index contributed by atoms with van der Waals surface area (Å²) in [6.45, 7) is 4.66. The molecule has 0 aliphatic heterocycles. The van der Waals surface area contributed by atoms with Gasteiger partial charge in [-0.15, -0.1) is 0 Å². The van der Waals surface area contributed by atoms with Crippen LogP contribution in [0.3, 0.4) is 0 Å². The molecule has 2 rings (SSSR count). The fourth-order valence-corrected chi connectivity index (χ4v) is 5.96. The highest BCUT2D eigenvalue weighted by Gasteiger charge is 2.30. The third-order valence-corrected chi connectivity index (χ3v) is 7.88. The monoisotopic (exact) mass is 362 g/mol. The third kappa shape index (κ3) is 8.79. The van der Waals surface area contributed by atoms with Crippen molar-refractivity contribution >= 4 is 0 Å². The Morgan fingerprint density at radius 2 is 0.808 bits per heavy atom. The number of hydrogen-bond acceptors (Lipinski definition) is 0. The van der Waals surface area contributed by atoms with Gasteiger partial charge in [0.25, 0.3) is 0 Å². The Bertz CT molecular complexity index is 304. The molecule has 2 aliphatic rings. The Morgan fingerprint density at radius 1 is 0.423 bits per heavy atom. The fraction of sp³-hybridized carbons (Fsp3) is 1.00. The van der Waals surface area contributed by atoms with Crippen molar-refractivity contribution in [2.24, 2.45) is 23.7 Å². The molecule has 0 spiro atoms. The zero-order valence-corrected chi connectivity index (χ0v) is 18.5. The Labute approximate surface area is 166 Å². The van der Waals surface area contributed by atoms with Gasteiger partial charge in [0.05, 0.1) is 0 Å². The van der Waals surface area contributed by atoms with E-state index in [0.29, 0.717) is 0 Å². The summed E-state index contributed by atoms with van der Waals surface area (Å²) in [7, 11) is 0. The predicted octanol–water partition coefficient (Wildman–Crippen LogP) is 9.32. The van der Waals surface area contributed by atoms with Crippen LogP contribution in [0.15, 0.2) is 0 Å². The van der Waals surface area contributed by atoms with Crippen molar-refractivity contribution in [2.45, 2.75) is 142 Å². The summed E-state index contributed by atoms with van der Waals surface area (Å²) in [4.78, 5) is 0. The van der Waals surface area contributed by atoms with E-state index >= 15 is 0 Å². The quantitative estimate of drug-likeness (QED) is 0.286. The normalized spacial score (nSPS) is 29.8. The van der Waals surface area contributed by atoms with Gasteiger partial charge in [-0.05, 0) is 49.4 Å². The van der Waals surface area contributed by atoms with E-state index in [2.05, 4.69) is 13.8 Å². The van der Waals surface area contributed by atoms with E-state index in [-0.39, 0.29) is 0 Å². The summed E-state index contributed by atoms with van der Waals surface area (Å²) in [6, 6.07) is 0. The number of hydrogen-bond donors (Lipinski definition) is 0. The van der Waals surface area contributed by atoms with Crippen molar-refractivity contribution < 1.29 is 0 Å². The van der Waals surface area contributed by atoms with E-state index in [1.165, 1.54) is 70.6 Å². The summed E-state index contributed by atoms with van der Waals surface area (Å²) in [5, 5.41) is 0. The molecule has 0 bridgehead atoms. The standard InChI is InChI=1S/C26H50/c1-3-5-7-8-9-10-11-12-14-24-17-21-26(22-18-24)25-19-15-23(16-20-25)13-6-4-2/h23-26H,3-22H2,1-2H3/t23-,24-,25-,26-. The lowest BCUT2D eigenvalue weighted by atomic mass is 9.68. The Morgan fingerprint density at radius 3 is 1.27 bits per heavy atom. The summed E-state index contributed by atoms with van der Waals surface area (Å²) in [5.41, 5.74) is 0. The smallest absolute Gasteiger partial charge is 0.0386 e. The molecule has 0 aromatic carbocycles. The molecule has 0 radical (unpaired) electrons. The van der Waals surface area contributed by atoms with Crippen molar-refractivity contribution in [3.8, 4) is 0 Å². The second kappa shape index (κ2) is 14.1. The highest BCUT2D eigenvalue weighted by atomic mass is 14.4. The first-order chi connectivity index (χ1) is 12.8. The van der Waals surface area contributed by atoms with Crippen LogP contribution in [0.25, 0.3) is 0 Å². The van der Waals surface area contributed by atoms with E-state index in [4.69, 9.17) is 0 Å². The molecule has 2 aliphatic carbocycles. The second-order valence-corrected chi connectivity index (χ2v) is 9.97. The van der Waals surface area contributed by atoms with Crippen LogP contribution in [0.5, 0.6) is 0 Å². The SMILES string of the molecule is CCCCCCCCCC[C@H]1CC[C@H]([C@H]2CC[C@H](CCCC)CC2)CC1. The van der Waals surface area contributed by atoms with Gasteiger partial charge in [-0.1, -0.05) is 117 Å². The minimum Gasteiger partial charge on any atom is -0.0654 e. The maximum absolute atomic E-state index is 2.34. The van der Waals surface area contributed by atoms with Gasteiger partial charge < -0.3 is 0 Å². The maximum atomic E-state index is 2.34. The van der Waals surface area contributed by atoms with Crippen LogP contribution < -0.4 is 0 Å². The zero-order valence-electron chi connectivity index (χ0n) is 18.5. The average Bonchev–Trinajstić information content (AvgIpc) is 2.69. The molecule has 0 unspecified atom stereocenters. The molecule has 0 amide bonds. The minimum atomic E-state index is 1.09. The van der Waals surface area contributed by atoms with Crippen LogP contribution in [0, 0.1) is 23.7 Å². The molecule has 26 heavy (non-hydrogen) atoms. The topological polar surface area (TPSA) is 0 Å². The van der Waals surface area contributed by atoms with Gasteiger partial charge in [-0.2, -0.15) is 0 Å². The molecule has 2 fully saturated rings. The van der Waals surface area contributed by atoms with Crippen molar-refractivity contribution in [1.29, 1.82) is 0 Å². The molecule has 0 atom stereocenters. The average molecular weight is 363 g/mol. The summed E-state index contributed by atoms with van der Waals surface area (Å²) in [5.74, 6) is 4.39. The molecule has 0 heteroatoms. The maximum Gasteiger partial charge on any atom is -0.0386 e. The Hall–Kier alpha value is 0. The van der Waals surface area contributed by atoms with Gasteiger partial charge in [0.2, 0.25) is 0 Å². The molecule has 0 aromatic heterocycles. The third-order valence-electron chi connectivity index (χ3n) is 7.88. The lowest BCUT2D eigenvalue weighted by Gasteiger charge is -2.38. The molecule has 0 aromatic rings. The molecule has 0 saturated heterocycles. The van der Waals surface area contributed by atoms with Crippen molar-refractivity contribution in [1.82, 2.24) is 0 Å². The van der Waals surface area contributed by atoms with Crippen LogP contribution in [-0.4, -0.2) is 0 Å². The largest absolute Gasteiger partial charge is 0.0654 e. The van der Waals surface area contributed by atoms with E-state index in [1.54, 1.807) is 57.8 Å². The lowest BCUT2D eigenvalue weighted by molar-refractivity contribution is 0.139. The molecule has 2 saturated carbocycles. The summed E-state index contributed by atoms with van der Waals surface area (Å²) >= 11 is 0. The molecule has 154 valence electrons. The Kier molecular flexibility index (Phi) is 12.1. The van der Waals surface area contributed by atoms with Gasteiger partial charge in [-0.3, -0.25) is 0 Å². The highest BCUT2D eigenvalue weighted by Crippen LogP contribution is 2.43. The molecular weight excluding hydrogens is 312 g/mol. The van der Waals surface area contributed by atoms with Gasteiger partial charge in [-0.25, -0.2) is 0 Å². The zero-order chi connectivity index (χ0) is 18.5. The van der Waals surface area contributed by atoms with Crippen LogP contribution >= 0.6 is 0 Å². The predicted molar refractivity (Wildman–Crippen MR) is 118 cm³/mol. The second-order valence-electron chi connectivity index (χ2n) is 9.97. The van der Waals surface area contributed by atoms with Crippen molar-refractivity contribution in [3.05, 3.63) is 0 Å². The van der Waals surface area contributed by atoms with Crippen molar-refractivity contribution in [2.75, 3.05) is 0 Å². The van der Waals surface area contributed by atoms with Gasteiger partial charge >= 0.3 is 0 Å². The minimum absolute atomic E-state index is 1.09. The Balaban J connectivity index is 1.46. The summed E-state index contributed by atoms with van der Waals surface area (Å²) in [6.07, 6.45) is 30.3. The fourth-order valence-electron chi connectivity index (χ4n) is 5.96. The molecule has 0 N–H and O–H groups in total. The first-order valence-corrected chi connectivity index (χ1v) is 12.8. The van der Waals surface area contributed by atoms with Crippen LogP contribution in [0.4, 0.5) is 0 Å². The van der Waals surface area contributed by atoms with E-state index in [1.807, 2.05) is 0 Å². The van der Waals surface area contributed by atoms with Crippen LogP contribution in [0.2, 0.25) is 0 Å². The number of unbranched alkanes of at least 4 members (excludes halogenated alkanes) is 8.